The monoisotopic (exact) mass is 265 g/mol. The first-order chi connectivity index (χ1) is 9.29. The van der Waals surface area contributed by atoms with Gasteiger partial charge in [0.15, 0.2) is 0 Å². The molecule has 2 heterocycles. The van der Waals surface area contributed by atoms with Gasteiger partial charge >= 0.3 is 0 Å². The van der Waals surface area contributed by atoms with Gasteiger partial charge in [-0.15, -0.1) is 0 Å². The number of piperidine rings is 1. The molecule has 5 heteroatoms. The molecule has 1 aliphatic rings. The Balaban J connectivity index is 1.71. The molecule has 1 aliphatic heterocycles. The number of hydrogen-bond donors (Lipinski definition) is 0. The van der Waals surface area contributed by atoms with Gasteiger partial charge in [0.25, 0.3) is 0 Å². The second kappa shape index (κ2) is 7.40. The molecule has 0 atom stereocenters. The second-order valence-electron chi connectivity index (χ2n) is 4.96. The normalized spacial score (nSPS) is 16.8. The van der Waals surface area contributed by atoms with Crippen molar-refractivity contribution in [3.05, 3.63) is 18.0 Å². The van der Waals surface area contributed by atoms with Gasteiger partial charge in [0.2, 0.25) is 5.95 Å². The number of anilines is 1. The molecule has 1 aromatic heterocycles. The van der Waals surface area contributed by atoms with Crippen LogP contribution >= 0.6 is 0 Å². The molecule has 0 aromatic carbocycles. The van der Waals surface area contributed by atoms with E-state index in [1.54, 1.807) is 7.11 Å². The zero-order chi connectivity index (χ0) is 13.5. The van der Waals surface area contributed by atoms with Crippen molar-refractivity contribution in [2.24, 2.45) is 0 Å². The zero-order valence-corrected chi connectivity index (χ0v) is 11.8. The van der Waals surface area contributed by atoms with Crippen LogP contribution in [0.1, 0.15) is 24.8 Å². The molecule has 0 saturated carbocycles. The number of nitrogens with zero attached hydrogens (tertiary/aromatic N) is 3. The fourth-order valence-corrected chi connectivity index (χ4v) is 2.22. The quantitative estimate of drug-likeness (QED) is 0.734. The van der Waals surface area contributed by atoms with Crippen molar-refractivity contribution in [1.29, 1.82) is 0 Å². The van der Waals surface area contributed by atoms with Crippen molar-refractivity contribution in [2.45, 2.75) is 32.3 Å². The summed E-state index contributed by atoms with van der Waals surface area (Å²) in [5, 5.41) is 0. The highest BCUT2D eigenvalue weighted by Gasteiger charge is 2.21. The molecule has 0 bridgehead atoms. The Kier molecular flexibility index (Phi) is 5.54. The molecular weight excluding hydrogens is 242 g/mol. The van der Waals surface area contributed by atoms with E-state index < -0.39 is 0 Å². The standard InChI is InChI=1S/C14H23N3O2/c1-12-10-15-14(16-11-12)17-6-4-13(5-7-17)19-9-3-8-18-2/h10-11,13H,3-9H2,1-2H3. The van der Waals surface area contributed by atoms with Crippen molar-refractivity contribution in [3.63, 3.8) is 0 Å². The molecule has 1 aromatic rings. The van der Waals surface area contributed by atoms with Crippen LogP contribution < -0.4 is 4.90 Å². The van der Waals surface area contributed by atoms with Gasteiger partial charge in [-0.25, -0.2) is 9.97 Å². The van der Waals surface area contributed by atoms with E-state index in [4.69, 9.17) is 9.47 Å². The van der Waals surface area contributed by atoms with Crippen LogP contribution in [0.3, 0.4) is 0 Å². The summed E-state index contributed by atoms with van der Waals surface area (Å²) in [6, 6.07) is 0. The lowest BCUT2D eigenvalue weighted by molar-refractivity contribution is 0.0256. The zero-order valence-electron chi connectivity index (χ0n) is 11.8. The smallest absolute Gasteiger partial charge is 0.225 e. The fourth-order valence-electron chi connectivity index (χ4n) is 2.22. The van der Waals surface area contributed by atoms with Gasteiger partial charge in [-0.2, -0.15) is 0 Å². The molecule has 0 N–H and O–H groups in total. The van der Waals surface area contributed by atoms with Crippen LogP contribution in [-0.4, -0.2) is 49.5 Å². The third-order valence-corrected chi connectivity index (χ3v) is 3.34. The predicted octanol–water partition coefficient (Wildman–Crippen LogP) is 1.81. The third-order valence-electron chi connectivity index (χ3n) is 3.34. The molecule has 0 unspecified atom stereocenters. The molecule has 1 fully saturated rings. The Bertz CT molecular complexity index is 361. The van der Waals surface area contributed by atoms with Crippen LogP contribution in [0.4, 0.5) is 5.95 Å². The lowest BCUT2D eigenvalue weighted by Crippen LogP contribution is -2.38. The molecule has 0 aliphatic carbocycles. The molecular formula is C14H23N3O2. The predicted molar refractivity (Wildman–Crippen MR) is 74.4 cm³/mol. The summed E-state index contributed by atoms with van der Waals surface area (Å²) in [5.41, 5.74) is 1.10. The lowest BCUT2D eigenvalue weighted by Gasteiger charge is -2.31. The summed E-state index contributed by atoms with van der Waals surface area (Å²) in [5.74, 6) is 0.837. The van der Waals surface area contributed by atoms with E-state index in [-0.39, 0.29) is 0 Å². The van der Waals surface area contributed by atoms with Gasteiger partial charge in [0.1, 0.15) is 0 Å². The topological polar surface area (TPSA) is 47.5 Å². The fraction of sp³-hybridized carbons (Fsp3) is 0.714. The summed E-state index contributed by atoms with van der Waals surface area (Å²) < 4.78 is 10.9. The van der Waals surface area contributed by atoms with Gasteiger partial charge in [0, 0.05) is 45.8 Å². The lowest BCUT2D eigenvalue weighted by atomic mass is 10.1. The minimum absolute atomic E-state index is 0.374. The van der Waals surface area contributed by atoms with Crippen LogP contribution in [0, 0.1) is 6.92 Å². The molecule has 2 rings (SSSR count). The summed E-state index contributed by atoms with van der Waals surface area (Å²) in [6.07, 6.45) is 7.18. The number of methoxy groups -OCH3 is 1. The average molecular weight is 265 g/mol. The Morgan fingerprint density at radius 1 is 1.21 bits per heavy atom. The van der Waals surface area contributed by atoms with Crippen LogP contribution in [0.5, 0.6) is 0 Å². The first-order valence-electron chi connectivity index (χ1n) is 6.93. The maximum absolute atomic E-state index is 5.84. The minimum Gasteiger partial charge on any atom is -0.385 e. The van der Waals surface area contributed by atoms with Crippen LogP contribution in [0.25, 0.3) is 0 Å². The Morgan fingerprint density at radius 3 is 2.53 bits per heavy atom. The molecule has 0 amide bonds. The molecule has 1 saturated heterocycles. The third kappa shape index (κ3) is 4.44. The SMILES string of the molecule is COCCCOC1CCN(c2ncc(C)cn2)CC1. The number of ether oxygens (including phenoxy) is 2. The molecule has 5 nitrogen and oxygen atoms in total. The Labute approximate surface area is 115 Å². The molecule has 106 valence electrons. The van der Waals surface area contributed by atoms with E-state index >= 15 is 0 Å². The van der Waals surface area contributed by atoms with Crippen molar-refractivity contribution in [1.82, 2.24) is 9.97 Å². The van der Waals surface area contributed by atoms with Gasteiger partial charge in [-0.1, -0.05) is 0 Å². The van der Waals surface area contributed by atoms with Crippen molar-refractivity contribution >= 4 is 5.95 Å². The largest absolute Gasteiger partial charge is 0.385 e. The maximum atomic E-state index is 5.84. The van der Waals surface area contributed by atoms with Crippen molar-refractivity contribution in [2.75, 3.05) is 38.3 Å². The van der Waals surface area contributed by atoms with E-state index in [2.05, 4.69) is 14.9 Å². The van der Waals surface area contributed by atoms with Gasteiger partial charge in [-0.05, 0) is 31.7 Å². The average Bonchev–Trinajstić information content (AvgIpc) is 2.45. The molecule has 0 spiro atoms. The number of aryl methyl sites for hydroxylation is 1. The summed E-state index contributed by atoms with van der Waals surface area (Å²) in [7, 11) is 1.72. The summed E-state index contributed by atoms with van der Waals surface area (Å²) in [4.78, 5) is 11.0. The highest BCUT2D eigenvalue weighted by Crippen LogP contribution is 2.18. The van der Waals surface area contributed by atoms with E-state index in [9.17, 15) is 0 Å². The van der Waals surface area contributed by atoms with E-state index in [0.717, 1.165) is 57.1 Å². The van der Waals surface area contributed by atoms with Crippen molar-refractivity contribution in [3.8, 4) is 0 Å². The highest BCUT2D eigenvalue weighted by molar-refractivity contribution is 5.30. The first-order valence-corrected chi connectivity index (χ1v) is 6.93. The van der Waals surface area contributed by atoms with E-state index in [1.807, 2.05) is 19.3 Å². The Hall–Kier alpha value is -1.20. The maximum Gasteiger partial charge on any atom is 0.225 e. The second-order valence-corrected chi connectivity index (χ2v) is 4.96. The van der Waals surface area contributed by atoms with Gasteiger partial charge in [0.05, 0.1) is 6.10 Å². The minimum atomic E-state index is 0.374. The first kappa shape index (κ1) is 14.2. The molecule has 0 radical (unpaired) electrons. The summed E-state index contributed by atoms with van der Waals surface area (Å²) in [6.45, 7) is 5.51. The van der Waals surface area contributed by atoms with Gasteiger partial charge < -0.3 is 14.4 Å². The highest BCUT2D eigenvalue weighted by atomic mass is 16.5. The number of rotatable bonds is 6. The summed E-state index contributed by atoms with van der Waals surface area (Å²) >= 11 is 0. The van der Waals surface area contributed by atoms with Crippen LogP contribution in [0.15, 0.2) is 12.4 Å². The number of aromatic nitrogens is 2. The van der Waals surface area contributed by atoms with Crippen molar-refractivity contribution < 1.29 is 9.47 Å². The van der Waals surface area contributed by atoms with Crippen LogP contribution in [-0.2, 0) is 9.47 Å². The number of hydrogen-bond acceptors (Lipinski definition) is 5. The molecule has 19 heavy (non-hydrogen) atoms. The Morgan fingerprint density at radius 2 is 1.89 bits per heavy atom. The van der Waals surface area contributed by atoms with Crippen LogP contribution in [0.2, 0.25) is 0 Å². The van der Waals surface area contributed by atoms with E-state index in [0.29, 0.717) is 6.10 Å². The van der Waals surface area contributed by atoms with E-state index in [1.165, 1.54) is 0 Å². The van der Waals surface area contributed by atoms with Gasteiger partial charge in [-0.3, -0.25) is 0 Å².